The van der Waals surface area contributed by atoms with Gasteiger partial charge in [-0.2, -0.15) is 0 Å². The number of ether oxygens (including phenoxy) is 3. The van der Waals surface area contributed by atoms with Crippen LogP contribution in [-0.2, 0) is 28.6 Å². The molecule has 0 heterocycles. The lowest BCUT2D eigenvalue weighted by Crippen LogP contribution is -2.30. The van der Waals surface area contributed by atoms with Gasteiger partial charge in [0.1, 0.15) is 13.2 Å². The zero-order valence-electron chi connectivity index (χ0n) is 47.8. The molecule has 0 fully saturated rings. The fourth-order valence-electron chi connectivity index (χ4n) is 9.37. The number of allylic oxidation sites excluding steroid dienone is 6. The van der Waals surface area contributed by atoms with Crippen LogP contribution >= 0.6 is 0 Å². The smallest absolute Gasteiger partial charge is 0.306 e. The predicted molar refractivity (Wildman–Crippen MR) is 307 cm³/mol. The maximum absolute atomic E-state index is 12.9. The number of esters is 3. The van der Waals surface area contributed by atoms with Gasteiger partial charge in [0.05, 0.1) is 0 Å². The van der Waals surface area contributed by atoms with Crippen molar-refractivity contribution in [3.63, 3.8) is 0 Å². The molecule has 1 atom stereocenters. The van der Waals surface area contributed by atoms with Crippen LogP contribution in [0, 0.1) is 0 Å². The average molecular weight is 998 g/mol. The van der Waals surface area contributed by atoms with Gasteiger partial charge >= 0.3 is 17.9 Å². The zero-order valence-corrected chi connectivity index (χ0v) is 47.8. The molecule has 0 rings (SSSR count). The predicted octanol–water partition coefficient (Wildman–Crippen LogP) is 21.2. The average Bonchev–Trinajstić information content (AvgIpc) is 3.37. The maximum Gasteiger partial charge on any atom is 0.306 e. The molecule has 0 aromatic heterocycles. The quantitative estimate of drug-likeness (QED) is 0.0199. The van der Waals surface area contributed by atoms with Gasteiger partial charge in [0.15, 0.2) is 6.10 Å². The summed E-state index contributed by atoms with van der Waals surface area (Å²) in [6.45, 7) is 6.65. The maximum atomic E-state index is 12.9. The Hall–Kier alpha value is -2.37. The molecule has 0 saturated carbocycles. The van der Waals surface area contributed by atoms with Crippen molar-refractivity contribution in [2.45, 2.75) is 348 Å². The van der Waals surface area contributed by atoms with Crippen molar-refractivity contribution in [2.75, 3.05) is 13.2 Å². The summed E-state index contributed by atoms with van der Waals surface area (Å²) in [5.74, 6) is -0.855. The van der Waals surface area contributed by atoms with E-state index in [-0.39, 0.29) is 31.1 Å². The Kier molecular flexibility index (Phi) is 58.2. The fourth-order valence-corrected chi connectivity index (χ4v) is 9.37. The van der Waals surface area contributed by atoms with E-state index in [2.05, 4.69) is 57.2 Å². The van der Waals surface area contributed by atoms with Crippen molar-refractivity contribution in [2.24, 2.45) is 0 Å². The minimum Gasteiger partial charge on any atom is -0.462 e. The summed E-state index contributed by atoms with van der Waals surface area (Å²) in [7, 11) is 0. The SMILES string of the molecule is CCCCC/C=C\C=C/CCCCCCCCCCCCC(=O)OCC(COC(=O)CCCCCCCCC/C=C\CCCCCC)OC(=O)CCCCCCCCCCCCCCCCCCCCC. The van der Waals surface area contributed by atoms with E-state index in [1.165, 1.54) is 244 Å². The molecule has 71 heavy (non-hydrogen) atoms. The molecule has 0 saturated heterocycles. The summed E-state index contributed by atoms with van der Waals surface area (Å²) in [6.07, 6.45) is 72.8. The van der Waals surface area contributed by atoms with Gasteiger partial charge < -0.3 is 14.2 Å². The van der Waals surface area contributed by atoms with E-state index >= 15 is 0 Å². The lowest BCUT2D eigenvalue weighted by Gasteiger charge is -2.18. The second-order valence-corrected chi connectivity index (χ2v) is 21.4. The van der Waals surface area contributed by atoms with E-state index in [0.717, 1.165) is 57.8 Å². The van der Waals surface area contributed by atoms with Crippen LogP contribution in [0.4, 0.5) is 0 Å². The van der Waals surface area contributed by atoms with Gasteiger partial charge in [-0.3, -0.25) is 14.4 Å². The molecule has 0 aromatic carbocycles. The first kappa shape index (κ1) is 68.6. The third-order valence-corrected chi connectivity index (χ3v) is 14.1. The van der Waals surface area contributed by atoms with Crippen LogP contribution in [-0.4, -0.2) is 37.2 Å². The summed E-state index contributed by atoms with van der Waals surface area (Å²) >= 11 is 0. The van der Waals surface area contributed by atoms with E-state index in [1.54, 1.807) is 0 Å². The molecular formula is C65H120O6. The summed E-state index contributed by atoms with van der Waals surface area (Å²) in [6, 6.07) is 0. The molecule has 0 aliphatic carbocycles. The van der Waals surface area contributed by atoms with Crippen LogP contribution in [0.2, 0.25) is 0 Å². The molecule has 0 aliphatic rings. The monoisotopic (exact) mass is 997 g/mol. The Morgan fingerprint density at radius 3 is 0.831 bits per heavy atom. The molecule has 0 amide bonds. The lowest BCUT2D eigenvalue weighted by atomic mass is 10.0. The highest BCUT2D eigenvalue weighted by atomic mass is 16.6. The van der Waals surface area contributed by atoms with Crippen molar-refractivity contribution in [1.82, 2.24) is 0 Å². The normalized spacial score (nSPS) is 12.2. The van der Waals surface area contributed by atoms with Gasteiger partial charge in [0.2, 0.25) is 0 Å². The molecule has 6 nitrogen and oxygen atoms in total. The van der Waals surface area contributed by atoms with Crippen LogP contribution in [0.25, 0.3) is 0 Å². The second-order valence-electron chi connectivity index (χ2n) is 21.4. The molecule has 1 unspecified atom stereocenters. The first-order valence-corrected chi connectivity index (χ1v) is 31.5. The number of hydrogen-bond acceptors (Lipinski definition) is 6. The van der Waals surface area contributed by atoms with Crippen molar-refractivity contribution >= 4 is 17.9 Å². The Balaban J connectivity index is 4.32. The highest BCUT2D eigenvalue weighted by Gasteiger charge is 2.19. The number of unbranched alkanes of at least 4 members (excludes halogenated alkanes) is 42. The van der Waals surface area contributed by atoms with Crippen molar-refractivity contribution in [3.8, 4) is 0 Å². The van der Waals surface area contributed by atoms with Gasteiger partial charge in [-0.25, -0.2) is 0 Å². The Morgan fingerprint density at radius 2 is 0.507 bits per heavy atom. The Bertz CT molecular complexity index is 1190. The van der Waals surface area contributed by atoms with Crippen LogP contribution < -0.4 is 0 Å². The molecule has 0 N–H and O–H groups in total. The summed E-state index contributed by atoms with van der Waals surface area (Å²) in [4.78, 5) is 38.3. The van der Waals surface area contributed by atoms with Crippen LogP contribution in [0.1, 0.15) is 342 Å². The largest absolute Gasteiger partial charge is 0.462 e. The summed E-state index contributed by atoms with van der Waals surface area (Å²) < 4.78 is 16.9. The van der Waals surface area contributed by atoms with Crippen LogP contribution in [0.5, 0.6) is 0 Å². The topological polar surface area (TPSA) is 78.9 Å². The first-order chi connectivity index (χ1) is 35.0. The number of carbonyl (C=O) groups is 3. The fraction of sp³-hybridized carbons (Fsp3) is 0.862. The second kappa shape index (κ2) is 60.2. The van der Waals surface area contributed by atoms with E-state index in [9.17, 15) is 14.4 Å². The standard InChI is InChI=1S/C65H120O6/c1-4-7-10-13-16-19-22-25-28-30-32-34-37-40-43-46-49-52-55-58-64(67)70-61-62(60-69-63(66)57-54-51-48-45-42-39-36-27-24-21-18-15-12-9-6-3)71-65(68)59-56-53-50-47-44-41-38-35-33-31-29-26-23-20-17-14-11-8-5-2/h16,19,21-22,24-25,62H,4-15,17-18,20,23,26-61H2,1-3H3/b19-16-,24-21-,25-22-. The minimum absolute atomic E-state index is 0.0712. The van der Waals surface area contributed by atoms with Crippen molar-refractivity contribution in [1.29, 1.82) is 0 Å². The molecule has 0 aromatic rings. The van der Waals surface area contributed by atoms with Crippen LogP contribution in [0.15, 0.2) is 36.5 Å². The third kappa shape index (κ3) is 58.4. The van der Waals surface area contributed by atoms with Gasteiger partial charge in [0, 0.05) is 19.3 Å². The number of rotatable bonds is 58. The molecule has 0 spiro atoms. The number of carbonyl (C=O) groups excluding carboxylic acids is 3. The molecule has 0 bridgehead atoms. The van der Waals surface area contributed by atoms with Crippen LogP contribution in [0.3, 0.4) is 0 Å². The van der Waals surface area contributed by atoms with Crippen molar-refractivity contribution in [3.05, 3.63) is 36.5 Å². The highest BCUT2D eigenvalue weighted by Crippen LogP contribution is 2.17. The Labute approximate surface area is 442 Å². The Morgan fingerprint density at radius 1 is 0.282 bits per heavy atom. The molecular weight excluding hydrogens is 877 g/mol. The van der Waals surface area contributed by atoms with E-state index in [4.69, 9.17) is 14.2 Å². The number of hydrogen-bond donors (Lipinski definition) is 0. The lowest BCUT2D eigenvalue weighted by molar-refractivity contribution is -0.167. The zero-order chi connectivity index (χ0) is 51.4. The summed E-state index contributed by atoms with van der Waals surface area (Å²) in [5.41, 5.74) is 0. The molecule has 6 heteroatoms. The summed E-state index contributed by atoms with van der Waals surface area (Å²) in [5, 5.41) is 0. The van der Waals surface area contributed by atoms with E-state index in [1.807, 2.05) is 0 Å². The molecule has 0 radical (unpaired) electrons. The highest BCUT2D eigenvalue weighted by molar-refractivity contribution is 5.71. The first-order valence-electron chi connectivity index (χ1n) is 31.5. The van der Waals surface area contributed by atoms with E-state index in [0.29, 0.717) is 19.3 Å². The molecule has 0 aliphatic heterocycles. The van der Waals surface area contributed by atoms with Gasteiger partial charge in [-0.1, -0.05) is 288 Å². The minimum atomic E-state index is -0.773. The molecule has 416 valence electrons. The third-order valence-electron chi connectivity index (χ3n) is 14.1. The van der Waals surface area contributed by atoms with Gasteiger partial charge in [-0.05, 0) is 70.6 Å². The van der Waals surface area contributed by atoms with Gasteiger partial charge in [-0.15, -0.1) is 0 Å². The van der Waals surface area contributed by atoms with E-state index < -0.39 is 6.10 Å². The van der Waals surface area contributed by atoms with Crippen molar-refractivity contribution < 1.29 is 28.6 Å². The van der Waals surface area contributed by atoms with Gasteiger partial charge in [0.25, 0.3) is 0 Å².